The van der Waals surface area contributed by atoms with Crippen LogP contribution in [0.3, 0.4) is 0 Å². The molecule has 3 aromatic rings. The van der Waals surface area contributed by atoms with Gasteiger partial charge >= 0.3 is 0 Å². The van der Waals surface area contributed by atoms with Crippen LogP contribution in [0.4, 0.5) is 4.39 Å². The van der Waals surface area contributed by atoms with E-state index in [0.717, 1.165) is 17.7 Å². The summed E-state index contributed by atoms with van der Waals surface area (Å²) in [5.74, 6) is 0.116. The lowest BCUT2D eigenvalue weighted by Crippen LogP contribution is -2.23. The molecule has 1 aromatic heterocycles. The van der Waals surface area contributed by atoms with E-state index in [4.69, 9.17) is 4.74 Å². The molecule has 0 bridgehead atoms. The Morgan fingerprint density at radius 2 is 1.93 bits per heavy atom. The summed E-state index contributed by atoms with van der Waals surface area (Å²) in [5, 5.41) is 7.08. The number of amides is 1. The van der Waals surface area contributed by atoms with Crippen LogP contribution in [0.1, 0.15) is 24.0 Å². The van der Waals surface area contributed by atoms with E-state index in [1.54, 1.807) is 18.3 Å². The van der Waals surface area contributed by atoms with E-state index in [-0.39, 0.29) is 11.7 Å². The molecule has 1 amide bonds. The lowest BCUT2D eigenvalue weighted by Gasteiger charge is -2.08. The van der Waals surface area contributed by atoms with Crippen molar-refractivity contribution in [2.24, 2.45) is 0 Å². The Balaban J connectivity index is 1.34. The first-order valence-corrected chi connectivity index (χ1v) is 8.89. The molecule has 1 N–H and O–H groups in total. The molecule has 0 aliphatic carbocycles. The fourth-order valence-electron chi connectivity index (χ4n) is 2.61. The fraction of sp³-hybridized carbons (Fsp3) is 0.238. The number of nitrogens with one attached hydrogen (secondary N) is 1. The van der Waals surface area contributed by atoms with Crippen LogP contribution in [0.5, 0.6) is 5.75 Å². The minimum atomic E-state index is -0.333. The van der Waals surface area contributed by atoms with Crippen molar-refractivity contribution in [2.45, 2.75) is 25.9 Å². The van der Waals surface area contributed by atoms with Crippen LogP contribution in [0.25, 0.3) is 0 Å². The van der Waals surface area contributed by atoms with Gasteiger partial charge in [-0.25, -0.2) is 4.39 Å². The molecule has 0 spiro atoms. The van der Waals surface area contributed by atoms with Crippen LogP contribution < -0.4 is 10.1 Å². The third-order valence-corrected chi connectivity index (χ3v) is 4.03. The van der Waals surface area contributed by atoms with Crippen molar-refractivity contribution in [1.29, 1.82) is 0 Å². The van der Waals surface area contributed by atoms with Gasteiger partial charge in [-0.1, -0.05) is 30.3 Å². The van der Waals surface area contributed by atoms with Gasteiger partial charge in [0.15, 0.2) is 0 Å². The van der Waals surface area contributed by atoms with Gasteiger partial charge in [-0.3, -0.25) is 9.48 Å². The van der Waals surface area contributed by atoms with Gasteiger partial charge in [0.25, 0.3) is 0 Å². The Kier molecular flexibility index (Phi) is 6.57. The molecule has 0 aliphatic heterocycles. The lowest BCUT2D eigenvalue weighted by atomic mass is 10.1. The maximum atomic E-state index is 13.0. The molecule has 1 heterocycles. The van der Waals surface area contributed by atoms with Gasteiger partial charge in [-0.2, -0.15) is 5.10 Å². The zero-order valence-electron chi connectivity index (χ0n) is 15.0. The molecule has 0 fully saturated rings. The Morgan fingerprint density at radius 3 is 2.67 bits per heavy atom. The average Bonchev–Trinajstić information content (AvgIpc) is 3.18. The van der Waals surface area contributed by atoms with Gasteiger partial charge in [0.2, 0.25) is 5.91 Å². The van der Waals surface area contributed by atoms with Crippen LogP contribution in [-0.4, -0.2) is 22.3 Å². The van der Waals surface area contributed by atoms with E-state index >= 15 is 0 Å². The second kappa shape index (κ2) is 9.52. The first-order valence-electron chi connectivity index (χ1n) is 8.89. The molecule has 0 saturated heterocycles. The predicted octanol–water partition coefficient (Wildman–Crippen LogP) is 3.55. The topological polar surface area (TPSA) is 56.1 Å². The zero-order valence-corrected chi connectivity index (χ0v) is 15.0. The molecule has 2 aromatic carbocycles. The summed E-state index contributed by atoms with van der Waals surface area (Å²) < 4.78 is 20.3. The molecular formula is C21H22FN3O2. The van der Waals surface area contributed by atoms with Crippen molar-refractivity contribution in [2.75, 3.05) is 6.61 Å². The Bertz CT molecular complexity index is 848. The molecule has 6 heteroatoms. The monoisotopic (exact) mass is 367 g/mol. The molecule has 0 unspecified atom stereocenters. The first-order chi connectivity index (χ1) is 13.2. The van der Waals surface area contributed by atoms with E-state index in [1.807, 2.05) is 41.2 Å². The quantitative estimate of drug-likeness (QED) is 0.589. The molecule has 0 atom stereocenters. The molecular weight excluding hydrogens is 345 g/mol. The standard InChI is InChI=1S/C21H22FN3O2/c22-19-4-1-5-20(14-19)27-13-2-6-21(26)23-15-17-7-9-18(10-8-17)16-25-12-3-11-24-25/h1,3-5,7-12,14H,2,6,13,15-16H2,(H,23,26). The van der Waals surface area contributed by atoms with Gasteiger partial charge in [0.05, 0.1) is 13.2 Å². The van der Waals surface area contributed by atoms with Gasteiger partial charge in [0.1, 0.15) is 11.6 Å². The Hall–Kier alpha value is -3.15. The maximum Gasteiger partial charge on any atom is 0.220 e. The Morgan fingerprint density at radius 1 is 1.11 bits per heavy atom. The summed E-state index contributed by atoms with van der Waals surface area (Å²) in [4.78, 5) is 11.9. The lowest BCUT2D eigenvalue weighted by molar-refractivity contribution is -0.121. The second-order valence-electron chi connectivity index (χ2n) is 6.21. The highest BCUT2D eigenvalue weighted by Gasteiger charge is 2.03. The Labute approximate surface area is 157 Å². The summed E-state index contributed by atoms with van der Waals surface area (Å²) >= 11 is 0. The summed E-state index contributed by atoms with van der Waals surface area (Å²) in [7, 11) is 0. The zero-order chi connectivity index (χ0) is 18.9. The molecule has 140 valence electrons. The van der Waals surface area contributed by atoms with Crippen molar-refractivity contribution in [1.82, 2.24) is 15.1 Å². The number of ether oxygens (including phenoxy) is 1. The molecule has 0 aliphatic rings. The minimum absolute atomic E-state index is 0.0292. The van der Waals surface area contributed by atoms with E-state index in [2.05, 4.69) is 10.4 Å². The highest BCUT2D eigenvalue weighted by Crippen LogP contribution is 2.12. The van der Waals surface area contributed by atoms with E-state index < -0.39 is 0 Å². The molecule has 0 radical (unpaired) electrons. The SMILES string of the molecule is O=C(CCCOc1cccc(F)c1)NCc1ccc(Cn2cccn2)cc1. The third kappa shape index (κ3) is 6.26. The smallest absolute Gasteiger partial charge is 0.220 e. The number of carbonyl (C=O) groups is 1. The molecule has 27 heavy (non-hydrogen) atoms. The number of rotatable bonds is 9. The predicted molar refractivity (Wildman–Crippen MR) is 101 cm³/mol. The number of benzene rings is 2. The van der Waals surface area contributed by atoms with Crippen molar-refractivity contribution in [3.8, 4) is 5.75 Å². The summed E-state index contributed by atoms with van der Waals surface area (Å²) in [6.07, 6.45) is 4.62. The van der Waals surface area contributed by atoms with Crippen LogP contribution in [0, 0.1) is 5.82 Å². The number of hydrogen-bond acceptors (Lipinski definition) is 3. The van der Waals surface area contributed by atoms with Crippen LogP contribution in [0.2, 0.25) is 0 Å². The summed E-state index contributed by atoms with van der Waals surface area (Å²) in [6, 6.07) is 16.0. The number of halogens is 1. The van der Waals surface area contributed by atoms with Crippen molar-refractivity contribution in [3.63, 3.8) is 0 Å². The molecule has 5 nitrogen and oxygen atoms in total. The van der Waals surface area contributed by atoms with E-state index in [1.165, 1.54) is 12.1 Å². The molecule has 0 saturated carbocycles. The van der Waals surface area contributed by atoms with Crippen LogP contribution >= 0.6 is 0 Å². The van der Waals surface area contributed by atoms with Crippen LogP contribution in [-0.2, 0) is 17.9 Å². The van der Waals surface area contributed by atoms with Gasteiger partial charge in [-0.15, -0.1) is 0 Å². The largest absolute Gasteiger partial charge is 0.493 e. The summed E-state index contributed by atoms with van der Waals surface area (Å²) in [5.41, 5.74) is 2.20. The first kappa shape index (κ1) is 18.6. The van der Waals surface area contributed by atoms with Gasteiger partial charge < -0.3 is 10.1 Å². The summed E-state index contributed by atoms with van der Waals surface area (Å²) in [6.45, 7) is 1.59. The fourth-order valence-corrected chi connectivity index (χ4v) is 2.61. The van der Waals surface area contributed by atoms with Crippen molar-refractivity contribution >= 4 is 5.91 Å². The average molecular weight is 367 g/mol. The maximum absolute atomic E-state index is 13.0. The van der Waals surface area contributed by atoms with Crippen molar-refractivity contribution < 1.29 is 13.9 Å². The third-order valence-electron chi connectivity index (χ3n) is 4.03. The van der Waals surface area contributed by atoms with E-state index in [0.29, 0.717) is 31.7 Å². The van der Waals surface area contributed by atoms with Gasteiger partial charge in [-0.05, 0) is 35.7 Å². The number of carbonyl (C=O) groups excluding carboxylic acids is 1. The minimum Gasteiger partial charge on any atom is -0.493 e. The highest BCUT2D eigenvalue weighted by atomic mass is 19.1. The number of nitrogens with zero attached hydrogens (tertiary/aromatic N) is 2. The van der Waals surface area contributed by atoms with Crippen LogP contribution in [0.15, 0.2) is 67.0 Å². The normalized spacial score (nSPS) is 10.6. The molecule has 3 rings (SSSR count). The number of hydrogen-bond donors (Lipinski definition) is 1. The van der Waals surface area contributed by atoms with Crippen molar-refractivity contribution in [3.05, 3.63) is 83.9 Å². The van der Waals surface area contributed by atoms with Gasteiger partial charge in [0, 0.05) is 31.4 Å². The second-order valence-corrected chi connectivity index (χ2v) is 6.21. The van der Waals surface area contributed by atoms with E-state index in [9.17, 15) is 9.18 Å². The number of aromatic nitrogens is 2. The highest BCUT2D eigenvalue weighted by molar-refractivity contribution is 5.75.